The van der Waals surface area contributed by atoms with Crippen LogP contribution in [0.4, 0.5) is 17.2 Å². The number of para-hydroxylation sites is 2. The number of halogens is 1. The molecule has 0 aliphatic rings. The number of benzene rings is 2. The van der Waals surface area contributed by atoms with Gasteiger partial charge in [0, 0.05) is 10.7 Å². The number of nitrogens with one attached hydrogen (secondary N) is 2. The van der Waals surface area contributed by atoms with Gasteiger partial charge in [-0.1, -0.05) is 28.9 Å². The Hall–Kier alpha value is -3.59. The Morgan fingerprint density at radius 3 is 2.59 bits per heavy atom. The van der Waals surface area contributed by atoms with E-state index in [2.05, 4.69) is 20.9 Å². The van der Waals surface area contributed by atoms with Gasteiger partial charge in [0.1, 0.15) is 12.3 Å². The van der Waals surface area contributed by atoms with Gasteiger partial charge in [-0.3, -0.25) is 9.59 Å². The second-order valence-corrected chi connectivity index (χ2v) is 6.36. The van der Waals surface area contributed by atoms with Crippen LogP contribution in [0.25, 0.3) is 0 Å². The lowest BCUT2D eigenvalue weighted by atomic mass is 10.2. The molecule has 2 amide bonds. The van der Waals surface area contributed by atoms with Crippen molar-refractivity contribution in [2.24, 2.45) is 0 Å². The monoisotopic (exact) mass is 414 g/mol. The molecule has 0 spiro atoms. The fourth-order valence-corrected chi connectivity index (χ4v) is 2.63. The van der Waals surface area contributed by atoms with E-state index in [-0.39, 0.29) is 24.0 Å². The zero-order valence-corrected chi connectivity index (χ0v) is 16.3. The molecule has 3 rings (SSSR count). The molecule has 0 saturated carbocycles. The molecule has 0 fully saturated rings. The van der Waals surface area contributed by atoms with Gasteiger partial charge in [0.25, 0.3) is 5.91 Å². The first-order valence-electron chi connectivity index (χ1n) is 8.75. The number of hydrogen-bond donors (Lipinski definition) is 3. The van der Waals surface area contributed by atoms with Crippen molar-refractivity contribution in [3.8, 4) is 5.75 Å². The minimum Gasteiger partial charge on any atom is -0.492 e. The largest absolute Gasteiger partial charge is 0.492 e. The Morgan fingerprint density at radius 1 is 1.14 bits per heavy atom. The lowest BCUT2D eigenvalue weighted by Gasteiger charge is -2.10. The second-order valence-electron chi connectivity index (χ2n) is 5.92. The lowest BCUT2D eigenvalue weighted by Crippen LogP contribution is -2.21. The highest BCUT2D eigenvalue weighted by molar-refractivity contribution is 6.30. The number of nitrogens with two attached hydrogens (primary N) is 1. The molecule has 0 unspecified atom stereocenters. The van der Waals surface area contributed by atoms with E-state index in [1.54, 1.807) is 48.5 Å². The van der Waals surface area contributed by atoms with Gasteiger partial charge < -0.3 is 21.1 Å². The summed E-state index contributed by atoms with van der Waals surface area (Å²) < 4.78 is 6.62. The van der Waals surface area contributed by atoms with E-state index in [0.717, 1.165) is 4.68 Å². The average Bonchev–Trinajstić information content (AvgIpc) is 3.06. The molecule has 3 aromatic rings. The molecule has 1 aromatic heterocycles. The van der Waals surface area contributed by atoms with Crippen LogP contribution in [0.1, 0.15) is 17.4 Å². The molecule has 9 nitrogen and oxygen atoms in total. The summed E-state index contributed by atoms with van der Waals surface area (Å²) in [4.78, 5) is 24.7. The van der Waals surface area contributed by atoms with Crippen LogP contribution in [-0.4, -0.2) is 33.4 Å². The van der Waals surface area contributed by atoms with E-state index in [9.17, 15) is 9.59 Å². The zero-order valence-electron chi connectivity index (χ0n) is 15.6. The predicted octanol–water partition coefficient (Wildman–Crippen LogP) is 2.80. The minimum atomic E-state index is -0.556. The summed E-state index contributed by atoms with van der Waals surface area (Å²) in [5.41, 5.74) is 6.93. The topological polar surface area (TPSA) is 124 Å². The first kappa shape index (κ1) is 20.2. The van der Waals surface area contributed by atoms with Crippen molar-refractivity contribution in [2.75, 3.05) is 23.0 Å². The third-order valence-corrected chi connectivity index (χ3v) is 4.10. The Morgan fingerprint density at radius 2 is 1.86 bits per heavy atom. The first-order valence-corrected chi connectivity index (χ1v) is 9.13. The molecule has 150 valence electrons. The number of aromatic nitrogens is 3. The fraction of sp³-hybridized carbons (Fsp3) is 0.158. The third kappa shape index (κ3) is 5.02. The number of nitrogens with zero attached hydrogens (tertiary/aromatic N) is 3. The highest BCUT2D eigenvalue weighted by atomic mass is 35.5. The predicted molar refractivity (Wildman–Crippen MR) is 110 cm³/mol. The van der Waals surface area contributed by atoms with Gasteiger partial charge >= 0.3 is 0 Å². The number of carbonyl (C=O) groups excluding carboxylic acids is 2. The fourth-order valence-electron chi connectivity index (χ4n) is 2.50. The Labute approximate surface area is 171 Å². The van der Waals surface area contributed by atoms with E-state index in [1.165, 1.54) is 0 Å². The number of carbonyl (C=O) groups is 2. The van der Waals surface area contributed by atoms with Crippen LogP contribution in [0, 0.1) is 0 Å². The van der Waals surface area contributed by atoms with Crippen molar-refractivity contribution in [1.29, 1.82) is 0 Å². The Balaban J connectivity index is 1.68. The standard InChI is InChI=1S/C19H19ClN6O3/c1-2-29-15-6-4-3-5-14(15)23-19(28)17-18(21)26(25-24-17)11-16(27)22-13-9-7-12(20)8-10-13/h3-10H,2,11,21H2,1H3,(H,22,27)(H,23,28). The van der Waals surface area contributed by atoms with Gasteiger partial charge in [0.05, 0.1) is 12.3 Å². The molecule has 0 saturated heterocycles. The van der Waals surface area contributed by atoms with Crippen LogP contribution in [0.2, 0.25) is 5.02 Å². The molecule has 1 heterocycles. The molecule has 10 heteroatoms. The number of amides is 2. The van der Waals surface area contributed by atoms with Gasteiger partial charge in [-0.05, 0) is 43.3 Å². The van der Waals surface area contributed by atoms with Gasteiger partial charge in [0.2, 0.25) is 5.91 Å². The van der Waals surface area contributed by atoms with Crippen LogP contribution < -0.4 is 21.1 Å². The van der Waals surface area contributed by atoms with Crippen molar-refractivity contribution in [1.82, 2.24) is 15.0 Å². The van der Waals surface area contributed by atoms with Crippen LogP contribution >= 0.6 is 11.6 Å². The summed E-state index contributed by atoms with van der Waals surface area (Å²) >= 11 is 5.82. The van der Waals surface area contributed by atoms with E-state index in [4.69, 9.17) is 22.1 Å². The van der Waals surface area contributed by atoms with Crippen LogP contribution in [0.5, 0.6) is 5.75 Å². The summed E-state index contributed by atoms with van der Waals surface area (Å²) in [6.07, 6.45) is 0. The highest BCUT2D eigenvalue weighted by Gasteiger charge is 2.20. The van der Waals surface area contributed by atoms with Gasteiger partial charge in [0.15, 0.2) is 11.5 Å². The Bertz CT molecular complexity index is 1020. The van der Waals surface area contributed by atoms with Crippen molar-refractivity contribution in [2.45, 2.75) is 13.5 Å². The molecule has 29 heavy (non-hydrogen) atoms. The van der Waals surface area contributed by atoms with E-state index < -0.39 is 5.91 Å². The maximum atomic E-state index is 12.5. The van der Waals surface area contributed by atoms with Gasteiger partial charge in [-0.25, -0.2) is 4.68 Å². The van der Waals surface area contributed by atoms with Crippen molar-refractivity contribution in [3.63, 3.8) is 0 Å². The molecule has 0 aliphatic carbocycles. The molecular weight excluding hydrogens is 396 g/mol. The molecule has 0 bridgehead atoms. The van der Waals surface area contributed by atoms with Crippen molar-refractivity contribution in [3.05, 3.63) is 59.2 Å². The number of rotatable bonds is 7. The number of ether oxygens (including phenoxy) is 1. The van der Waals surface area contributed by atoms with E-state index >= 15 is 0 Å². The van der Waals surface area contributed by atoms with Gasteiger partial charge in [-0.2, -0.15) is 0 Å². The van der Waals surface area contributed by atoms with E-state index in [0.29, 0.717) is 28.8 Å². The van der Waals surface area contributed by atoms with Crippen molar-refractivity contribution < 1.29 is 14.3 Å². The molecule has 0 radical (unpaired) electrons. The molecule has 4 N–H and O–H groups in total. The summed E-state index contributed by atoms with van der Waals surface area (Å²) in [5.74, 6) is -0.434. The summed E-state index contributed by atoms with van der Waals surface area (Å²) in [6, 6.07) is 13.6. The maximum Gasteiger partial charge on any atom is 0.280 e. The minimum absolute atomic E-state index is 0.0253. The maximum absolute atomic E-state index is 12.5. The van der Waals surface area contributed by atoms with Crippen LogP contribution in [0.3, 0.4) is 0 Å². The summed E-state index contributed by atoms with van der Waals surface area (Å²) in [5, 5.41) is 13.5. The van der Waals surface area contributed by atoms with Gasteiger partial charge in [-0.15, -0.1) is 5.10 Å². The molecule has 2 aromatic carbocycles. The molecule has 0 atom stereocenters. The van der Waals surface area contributed by atoms with Crippen LogP contribution in [-0.2, 0) is 11.3 Å². The molecule has 0 aliphatic heterocycles. The first-order chi connectivity index (χ1) is 14.0. The smallest absolute Gasteiger partial charge is 0.280 e. The third-order valence-electron chi connectivity index (χ3n) is 3.84. The summed E-state index contributed by atoms with van der Waals surface area (Å²) in [7, 11) is 0. The second kappa shape index (κ2) is 9.07. The molecular formula is C19H19ClN6O3. The zero-order chi connectivity index (χ0) is 20.8. The SMILES string of the molecule is CCOc1ccccc1NC(=O)c1nnn(CC(=O)Nc2ccc(Cl)cc2)c1N. The normalized spacial score (nSPS) is 10.4. The average molecular weight is 415 g/mol. The van der Waals surface area contributed by atoms with Crippen LogP contribution in [0.15, 0.2) is 48.5 Å². The van der Waals surface area contributed by atoms with E-state index in [1.807, 2.05) is 6.92 Å². The Kier molecular flexibility index (Phi) is 6.30. The number of anilines is 3. The highest BCUT2D eigenvalue weighted by Crippen LogP contribution is 2.24. The number of nitrogen functional groups attached to an aromatic ring is 1. The lowest BCUT2D eigenvalue weighted by molar-refractivity contribution is -0.116. The van der Waals surface area contributed by atoms with Crippen molar-refractivity contribution >= 4 is 40.6 Å². The summed E-state index contributed by atoms with van der Waals surface area (Å²) in [6.45, 7) is 2.09. The quantitative estimate of drug-likeness (QED) is 0.546. The number of hydrogen-bond acceptors (Lipinski definition) is 6.